The van der Waals surface area contributed by atoms with Crippen molar-refractivity contribution in [2.45, 2.75) is 25.8 Å². The number of carboxylic acids is 1. The maximum Gasteiger partial charge on any atom is 0.303 e. The zero-order valence-corrected chi connectivity index (χ0v) is 11.8. The third-order valence-corrected chi connectivity index (χ3v) is 3.00. The van der Waals surface area contributed by atoms with Crippen LogP contribution in [0.25, 0.3) is 0 Å². The van der Waals surface area contributed by atoms with E-state index in [-0.39, 0.29) is 18.7 Å². The number of nitrogens with zero attached hydrogens (tertiary/aromatic N) is 2. The maximum absolute atomic E-state index is 13.5. The maximum atomic E-state index is 13.5. The minimum Gasteiger partial charge on any atom is -0.481 e. The molecule has 2 N–H and O–H groups in total. The van der Waals surface area contributed by atoms with E-state index in [4.69, 9.17) is 5.11 Å². The molecule has 7 heteroatoms. The molecule has 0 unspecified atom stereocenters. The third kappa shape index (κ3) is 4.69. The van der Waals surface area contributed by atoms with Crippen LogP contribution >= 0.6 is 0 Å². The van der Waals surface area contributed by atoms with Gasteiger partial charge in [0.15, 0.2) is 0 Å². The molecule has 0 saturated carbocycles. The predicted molar refractivity (Wildman–Crippen MR) is 77.8 cm³/mol. The van der Waals surface area contributed by atoms with E-state index in [1.807, 2.05) is 0 Å². The third-order valence-electron chi connectivity index (χ3n) is 3.00. The van der Waals surface area contributed by atoms with Crippen LogP contribution in [0.2, 0.25) is 0 Å². The largest absolute Gasteiger partial charge is 0.481 e. The Morgan fingerprint density at radius 1 is 1.32 bits per heavy atom. The summed E-state index contributed by atoms with van der Waals surface area (Å²) in [6.45, 7) is 0.454. The number of rotatable bonds is 7. The first-order valence-electron chi connectivity index (χ1n) is 6.82. The van der Waals surface area contributed by atoms with Crippen molar-refractivity contribution in [1.82, 2.24) is 9.78 Å². The summed E-state index contributed by atoms with van der Waals surface area (Å²) in [5, 5.41) is 15.2. The SMILES string of the molecule is O=C(O)CCCn1cc(NC(=O)Cc2ccccc2F)cn1. The smallest absolute Gasteiger partial charge is 0.303 e. The number of carbonyl (C=O) groups excluding carboxylic acids is 1. The summed E-state index contributed by atoms with van der Waals surface area (Å²) in [6.07, 6.45) is 3.55. The van der Waals surface area contributed by atoms with Gasteiger partial charge in [0.25, 0.3) is 0 Å². The van der Waals surface area contributed by atoms with Gasteiger partial charge in [0.2, 0.25) is 5.91 Å². The monoisotopic (exact) mass is 305 g/mol. The summed E-state index contributed by atoms with van der Waals surface area (Å²) >= 11 is 0. The lowest BCUT2D eigenvalue weighted by atomic mass is 10.1. The van der Waals surface area contributed by atoms with Gasteiger partial charge < -0.3 is 10.4 Å². The Morgan fingerprint density at radius 3 is 2.82 bits per heavy atom. The van der Waals surface area contributed by atoms with Crippen molar-refractivity contribution in [3.63, 3.8) is 0 Å². The van der Waals surface area contributed by atoms with E-state index in [9.17, 15) is 14.0 Å². The molecule has 0 saturated heterocycles. The van der Waals surface area contributed by atoms with E-state index in [1.165, 1.54) is 12.3 Å². The summed E-state index contributed by atoms with van der Waals surface area (Å²) in [4.78, 5) is 22.3. The number of carbonyl (C=O) groups is 2. The van der Waals surface area contributed by atoms with E-state index >= 15 is 0 Å². The molecule has 1 amide bonds. The molecule has 1 aromatic heterocycles. The molecule has 22 heavy (non-hydrogen) atoms. The van der Waals surface area contributed by atoms with Crippen LogP contribution < -0.4 is 5.32 Å². The summed E-state index contributed by atoms with van der Waals surface area (Å²) in [6, 6.07) is 6.11. The molecule has 0 spiro atoms. The van der Waals surface area contributed by atoms with E-state index in [1.54, 1.807) is 29.1 Å². The molecule has 0 fully saturated rings. The van der Waals surface area contributed by atoms with Crippen LogP contribution in [0.15, 0.2) is 36.7 Å². The molecule has 0 aliphatic heterocycles. The summed E-state index contributed by atoms with van der Waals surface area (Å²) in [7, 11) is 0. The second-order valence-corrected chi connectivity index (χ2v) is 4.81. The molecule has 0 radical (unpaired) electrons. The predicted octanol–water partition coefficient (Wildman–Crippen LogP) is 2.07. The lowest BCUT2D eigenvalue weighted by Gasteiger charge is -2.03. The number of aromatic nitrogens is 2. The highest BCUT2D eigenvalue weighted by Gasteiger charge is 2.09. The molecule has 2 aromatic rings. The average Bonchev–Trinajstić information content (AvgIpc) is 2.88. The van der Waals surface area contributed by atoms with E-state index < -0.39 is 11.8 Å². The van der Waals surface area contributed by atoms with Crippen molar-refractivity contribution in [3.8, 4) is 0 Å². The quantitative estimate of drug-likeness (QED) is 0.820. The number of halogens is 1. The number of hydrogen-bond donors (Lipinski definition) is 2. The van der Waals surface area contributed by atoms with Gasteiger partial charge in [0.1, 0.15) is 5.82 Å². The van der Waals surface area contributed by atoms with Crippen LogP contribution in [0, 0.1) is 5.82 Å². The fraction of sp³-hybridized carbons (Fsp3) is 0.267. The van der Waals surface area contributed by atoms with Gasteiger partial charge in [-0.2, -0.15) is 5.10 Å². The van der Waals surface area contributed by atoms with Crippen molar-refractivity contribution >= 4 is 17.6 Å². The molecular weight excluding hydrogens is 289 g/mol. The molecule has 1 heterocycles. The lowest BCUT2D eigenvalue weighted by Crippen LogP contribution is -2.14. The van der Waals surface area contributed by atoms with Crippen LogP contribution in [0.5, 0.6) is 0 Å². The summed E-state index contributed by atoms with van der Waals surface area (Å²) in [5.74, 6) is -1.61. The summed E-state index contributed by atoms with van der Waals surface area (Å²) in [5.41, 5.74) is 0.825. The average molecular weight is 305 g/mol. The highest BCUT2D eigenvalue weighted by Crippen LogP contribution is 2.10. The number of hydrogen-bond acceptors (Lipinski definition) is 3. The fourth-order valence-electron chi connectivity index (χ4n) is 1.96. The van der Waals surface area contributed by atoms with Gasteiger partial charge >= 0.3 is 5.97 Å². The Morgan fingerprint density at radius 2 is 2.09 bits per heavy atom. The Kier molecular flexibility index (Phi) is 5.24. The molecule has 6 nitrogen and oxygen atoms in total. The lowest BCUT2D eigenvalue weighted by molar-refractivity contribution is -0.137. The fourth-order valence-corrected chi connectivity index (χ4v) is 1.96. The zero-order valence-electron chi connectivity index (χ0n) is 11.8. The molecule has 0 aliphatic rings. The number of benzene rings is 1. The first kappa shape index (κ1) is 15.7. The van der Waals surface area contributed by atoms with Crippen molar-refractivity contribution in [2.24, 2.45) is 0 Å². The number of amides is 1. The van der Waals surface area contributed by atoms with Crippen LogP contribution in [0.1, 0.15) is 18.4 Å². The topological polar surface area (TPSA) is 84.2 Å². The van der Waals surface area contributed by atoms with E-state index in [2.05, 4.69) is 10.4 Å². The van der Waals surface area contributed by atoms with Gasteiger partial charge in [0, 0.05) is 19.2 Å². The Hall–Kier alpha value is -2.70. The van der Waals surface area contributed by atoms with Crippen molar-refractivity contribution < 1.29 is 19.1 Å². The van der Waals surface area contributed by atoms with Crippen molar-refractivity contribution in [2.75, 3.05) is 5.32 Å². The van der Waals surface area contributed by atoms with Crippen molar-refractivity contribution in [3.05, 3.63) is 48.0 Å². The van der Waals surface area contributed by atoms with Gasteiger partial charge in [-0.05, 0) is 18.1 Å². The van der Waals surface area contributed by atoms with Gasteiger partial charge in [-0.15, -0.1) is 0 Å². The number of anilines is 1. The van der Waals surface area contributed by atoms with Crippen molar-refractivity contribution in [1.29, 1.82) is 0 Å². The highest BCUT2D eigenvalue weighted by molar-refractivity contribution is 5.92. The zero-order chi connectivity index (χ0) is 15.9. The number of carboxylic acid groups (broad SMARTS) is 1. The number of aryl methyl sites for hydroxylation is 1. The van der Waals surface area contributed by atoms with Gasteiger partial charge in [0.05, 0.1) is 18.3 Å². The normalized spacial score (nSPS) is 10.4. The second-order valence-electron chi connectivity index (χ2n) is 4.81. The van der Waals surface area contributed by atoms with Crippen LogP contribution in [0.4, 0.5) is 10.1 Å². The van der Waals surface area contributed by atoms with Gasteiger partial charge in [-0.25, -0.2) is 4.39 Å². The first-order chi connectivity index (χ1) is 10.5. The van der Waals surface area contributed by atoms with Gasteiger partial charge in [-0.1, -0.05) is 18.2 Å². The highest BCUT2D eigenvalue weighted by atomic mass is 19.1. The molecular formula is C15H16FN3O3. The molecule has 116 valence electrons. The molecule has 0 atom stereocenters. The molecule has 0 bridgehead atoms. The van der Waals surface area contributed by atoms with E-state index in [0.717, 1.165) is 0 Å². The van der Waals surface area contributed by atoms with E-state index in [0.29, 0.717) is 24.2 Å². The minimum absolute atomic E-state index is 0.0587. The minimum atomic E-state index is -0.856. The Labute approximate surface area is 126 Å². The Bertz CT molecular complexity index is 670. The van der Waals surface area contributed by atoms with Crippen LogP contribution in [-0.4, -0.2) is 26.8 Å². The number of aliphatic carboxylic acids is 1. The van der Waals surface area contributed by atoms with Crippen LogP contribution in [0.3, 0.4) is 0 Å². The molecule has 2 rings (SSSR count). The molecule has 1 aromatic carbocycles. The van der Waals surface area contributed by atoms with Crippen LogP contribution in [-0.2, 0) is 22.6 Å². The first-order valence-corrected chi connectivity index (χ1v) is 6.82. The number of nitrogens with one attached hydrogen (secondary N) is 1. The second kappa shape index (κ2) is 7.35. The molecule has 0 aliphatic carbocycles. The standard InChI is InChI=1S/C15H16FN3O3/c16-13-5-2-1-4-11(13)8-14(20)18-12-9-17-19(10-12)7-3-6-15(21)22/h1-2,4-5,9-10H,3,6-8H2,(H,18,20)(H,21,22). The summed E-state index contributed by atoms with van der Waals surface area (Å²) < 4.78 is 15.0. The Balaban J connectivity index is 1.86. The van der Waals surface area contributed by atoms with Gasteiger partial charge in [-0.3, -0.25) is 14.3 Å².